The van der Waals surface area contributed by atoms with Crippen LogP contribution < -0.4 is 4.74 Å². The average Bonchev–Trinajstić information content (AvgIpc) is 2.75. The molecule has 0 aliphatic heterocycles. The number of rotatable bonds is 5. The molecular weight excluding hydrogens is 460 g/mol. The Morgan fingerprint density at radius 2 is 1.32 bits per heavy atom. The molecule has 8 N–H and O–H groups in total. The van der Waals surface area contributed by atoms with E-state index in [-0.39, 0.29) is 0 Å². The van der Waals surface area contributed by atoms with Crippen LogP contribution in [-0.4, -0.2) is 64.5 Å². The predicted octanol–water partition coefficient (Wildman–Crippen LogP) is 0.570. The second kappa shape index (κ2) is 8.65. The van der Waals surface area contributed by atoms with Gasteiger partial charge in [0.15, 0.2) is 34.5 Å². The number of carbonyl (C=O) groups excluding carboxylic acids is 2. The number of ether oxygens (including phenoxy) is 2. The Hall–Kier alpha value is -4.75. The Bertz CT molecular complexity index is 1250. The molecule has 13 nitrogen and oxygen atoms in total. The minimum absolute atomic E-state index is 0.405. The average molecular weight is 476 g/mol. The summed E-state index contributed by atoms with van der Waals surface area (Å²) in [6.45, 7) is 0. The van der Waals surface area contributed by atoms with Gasteiger partial charge in [-0.3, -0.25) is 0 Å². The van der Waals surface area contributed by atoms with Crippen molar-refractivity contribution < 1.29 is 64.7 Å². The third-order valence-corrected chi connectivity index (χ3v) is 4.54. The molecule has 178 valence electrons. The highest BCUT2D eigenvalue weighted by Crippen LogP contribution is 2.38. The van der Waals surface area contributed by atoms with Crippen molar-refractivity contribution in [1.82, 2.24) is 0 Å². The summed E-state index contributed by atoms with van der Waals surface area (Å²) in [6, 6.07) is 2.94. The first-order chi connectivity index (χ1) is 15.8. The normalized spacial score (nSPS) is 14.5. The Morgan fingerprint density at radius 1 is 0.765 bits per heavy atom. The van der Waals surface area contributed by atoms with Crippen LogP contribution in [0.5, 0.6) is 34.5 Å². The minimum Gasteiger partial charge on any atom is -0.504 e. The van der Waals surface area contributed by atoms with Crippen LogP contribution in [0.1, 0.15) is 27.1 Å². The van der Waals surface area contributed by atoms with Crippen LogP contribution in [0, 0.1) is 0 Å². The fraction of sp³-hybridized carbons (Fsp3) is 0.0952. The van der Waals surface area contributed by atoms with Crippen LogP contribution >= 0.6 is 0 Å². The van der Waals surface area contributed by atoms with Crippen molar-refractivity contribution in [3.8, 4) is 34.5 Å². The monoisotopic (exact) mass is 476 g/mol. The molecule has 0 spiro atoms. The molecule has 0 radical (unpaired) electrons. The summed E-state index contributed by atoms with van der Waals surface area (Å²) in [5, 5.41) is 77.0. The highest BCUT2D eigenvalue weighted by Gasteiger charge is 2.36. The van der Waals surface area contributed by atoms with Crippen molar-refractivity contribution in [3.05, 3.63) is 58.9 Å². The van der Waals surface area contributed by atoms with Gasteiger partial charge < -0.3 is 50.3 Å². The van der Waals surface area contributed by atoms with Crippen molar-refractivity contribution in [2.24, 2.45) is 0 Å². The zero-order chi connectivity index (χ0) is 25.4. The summed E-state index contributed by atoms with van der Waals surface area (Å²) < 4.78 is 9.75. The number of carboxylic acids is 1. The first-order valence-electron chi connectivity index (χ1n) is 9.15. The second-order valence-electron chi connectivity index (χ2n) is 6.98. The molecule has 0 bridgehead atoms. The van der Waals surface area contributed by atoms with Crippen molar-refractivity contribution in [1.29, 1.82) is 0 Å². The highest BCUT2D eigenvalue weighted by atomic mass is 16.6. The van der Waals surface area contributed by atoms with E-state index < -0.39 is 87.1 Å². The Kier molecular flexibility index (Phi) is 6.08. The number of esters is 2. The zero-order valence-corrected chi connectivity index (χ0v) is 16.8. The lowest BCUT2D eigenvalue weighted by Crippen LogP contribution is -2.35. The zero-order valence-electron chi connectivity index (χ0n) is 16.8. The van der Waals surface area contributed by atoms with Crippen molar-refractivity contribution in [2.75, 3.05) is 0 Å². The quantitative estimate of drug-likeness (QED) is 0.128. The molecule has 2 aromatic carbocycles. The van der Waals surface area contributed by atoms with Crippen LogP contribution in [0.2, 0.25) is 0 Å². The number of aromatic hydroxyl groups is 5. The number of phenols is 5. The van der Waals surface area contributed by atoms with Gasteiger partial charge in [0.25, 0.3) is 0 Å². The molecular formula is C21H16O13. The second-order valence-corrected chi connectivity index (χ2v) is 6.98. The maximum Gasteiger partial charge on any atom is 0.343 e. The molecule has 34 heavy (non-hydrogen) atoms. The molecule has 1 aliphatic carbocycles. The molecule has 0 amide bonds. The summed E-state index contributed by atoms with van der Waals surface area (Å²) >= 11 is 0. The van der Waals surface area contributed by atoms with Gasteiger partial charge in [-0.1, -0.05) is 6.08 Å². The summed E-state index contributed by atoms with van der Waals surface area (Å²) in [5.74, 6) is -12.8. The Balaban J connectivity index is 1.87. The summed E-state index contributed by atoms with van der Waals surface area (Å²) in [6.07, 6.45) is 1.02. The first kappa shape index (κ1) is 23.9. The molecule has 1 aliphatic rings. The number of phenolic OH excluding ortho intramolecular Hbond substituents is 5. The largest absolute Gasteiger partial charge is 0.504 e. The lowest BCUT2D eigenvalue weighted by molar-refractivity contribution is -0.151. The van der Waals surface area contributed by atoms with Gasteiger partial charge in [-0.05, 0) is 30.3 Å². The molecule has 0 unspecified atom stereocenters. The van der Waals surface area contributed by atoms with E-state index in [2.05, 4.69) is 0 Å². The third kappa shape index (κ3) is 4.69. The topological polar surface area (TPSA) is 232 Å². The molecule has 2 aromatic rings. The van der Waals surface area contributed by atoms with Crippen molar-refractivity contribution >= 4 is 17.9 Å². The summed E-state index contributed by atoms with van der Waals surface area (Å²) in [5.41, 5.74) is -1.40. The van der Waals surface area contributed by atoms with Crippen molar-refractivity contribution in [3.63, 3.8) is 0 Å². The standard InChI is InChI=1S/C21H16O13/c22-11-4-10(5-12(23)16(11)25)20(30)34-15-7-8(1-2-21(15,31)32)19(29)33-14-6-9(18(27)28)3-13(24)17(14)26/h1,3-7,22-26,31-32H,2H2,(H,27,28). The van der Waals surface area contributed by atoms with Gasteiger partial charge in [0.1, 0.15) is 0 Å². The lowest BCUT2D eigenvalue weighted by Gasteiger charge is -2.26. The fourth-order valence-corrected chi connectivity index (χ4v) is 2.76. The molecule has 0 fully saturated rings. The number of hydrogen-bond donors (Lipinski definition) is 8. The van der Waals surface area contributed by atoms with E-state index in [1.807, 2.05) is 0 Å². The summed E-state index contributed by atoms with van der Waals surface area (Å²) in [7, 11) is 0. The fourth-order valence-electron chi connectivity index (χ4n) is 2.76. The third-order valence-electron chi connectivity index (χ3n) is 4.54. The van der Waals surface area contributed by atoms with E-state index in [9.17, 15) is 50.1 Å². The maximum atomic E-state index is 12.5. The smallest absolute Gasteiger partial charge is 0.343 e. The molecule has 0 atom stereocenters. The summed E-state index contributed by atoms with van der Waals surface area (Å²) in [4.78, 5) is 35.9. The lowest BCUT2D eigenvalue weighted by atomic mass is 10.00. The molecule has 0 aromatic heterocycles. The SMILES string of the molecule is O=C(Oc1cc(C(=O)O)cc(O)c1O)C1=CCC(O)(O)C(OC(=O)c2cc(O)c(O)c(O)c2)=C1. The van der Waals surface area contributed by atoms with Crippen molar-refractivity contribution in [2.45, 2.75) is 12.2 Å². The first-order valence-corrected chi connectivity index (χ1v) is 9.15. The van der Waals surface area contributed by atoms with E-state index in [1.54, 1.807) is 0 Å². The number of aromatic carboxylic acids is 1. The van der Waals surface area contributed by atoms with E-state index in [0.717, 1.165) is 30.3 Å². The van der Waals surface area contributed by atoms with E-state index in [0.29, 0.717) is 6.08 Å². The number of carbonyl (C=O) groups is 3. The Morgan fingerprint density at radius 3 is 1.91 bits per heavy atom. The van der Waals surface area contributed by atoms with Gasteiger partial charge in [0.2, 0.25) is 11.5 Å². The molecule has 0 saturated heterocycles. The van der Waals surface area contributed by atoms with Gasteiger partial charge >= 0.3 is 17.9 Å². The molecule has 0 saturated carbocycles. The highest BCUT2D eigenvalue weighted by molar-refractivity contribution is 5.96. The van der Waals surface area contributed by atoms with Gasteiger partial charge in [-0.15, -0.1) is 0 Å². The molecule has 3 rings (SSSR count). The van der Waals surface area contributed by atoms with Gasteiger partial charge in [-0.2, -0.15) is 0 Å². The Labute approximate surface area is 188 Å². The number of hydrogen-bond acceptors (Lipinski definition) is 12. The van der Waals surface area contributed by atoms with E-state index in [4.69, 9.17) is 14.6 Å². The number of carboxylic acid groups (broad SMARTS) is 1. The van der Waals surface area contributed by atoms with E-state index >= 15 is 0 Å². The molecule has 13 heteroatoms. The molecule has 0 heterocycles. The van der Waals surface area contributed by atoms with Crippen LogP contribution in [0.15, 0.2) is 47.7 Å². The van der Waals surface area contributed by atoms with Gasteiger partial charge in [-0.25, -0.2) is 14.4 Å². The van der Waals surface area contributed by atoms with Crippen LogP contribution in [0.3, 0.4) is 0 Å². The number of aliphatic hydroxyl groups is 2. The van der Waals surface area contributed by atoms with Crippen LogP contribution in [0.25, 0.3) is 0 Å². The maximum absolute atomic E-state index is 12.5. The minimum atomic E-state index is -2.76. The van der Waals surface area contributed by atoms with E-state index in [1.165, 1.54) is 0 Å². The van der Waals surface area contributed by atoms with Crippen LogP contribution in [0.4, 0.5) is 0 Å². The number of benzene rings is 2. The van der Waals surface area contributed by atoms with Gasteiger partial charge in [0, 0.05) is 6.42 Å². The predicted molar refractivity (Wildman–Crippen MR) is 107 cm³/mol. The van der Waals surface area contributed by atoms with Crippen LogP contribution in [-0.2, 0) is 9.53 Å². The van der Waals surface area contributed by atoms with Gasteiger partial charge in [0.05, 0.1) is 16.7 Å².